The van der Waals surface area contributed by atoms with Crippen molar-refractivity contribution >= 4 is 27.6 Å². The Hall–Kier alpha value is -1.27. The molecule has 0 spiro atoms. The van der Waals surface area contributed by atoms with Gasteiger partial charge in [-0.25, -0.2) is 4.79 Å². The first kappa shape index (κ1) is 13.2. The predicted octanol–water partition coefficient (Wildman–Crippen LogP) is 2.37. The Kier molecular flexibility index (Phi) is 4.43. The van der Waals surface area contributed by atoms with E-state index in [9.17, 15) is 4.79 Å². The van der Waals surface area contributed by atoms with Crippen LogP contribution in [0.15, 0.2) is 22.7 Å². The highest BCUT2D eigenvalue weighted by Crippen LogP contribution is 2.24. The van der Waals surface area contributed by atoms with E-state index in [1.54, 1.807) is 13.2 Å². The summed E-state index contributed by atoms with van der Waals surface area (Å²) in [5.74, 6) is 0.684. The third kappa shape index (κ3) is 3.61. The van der Waals surface area contributed by atoms with Gasteiger partial charge in [0, 0.05) is 22.8 Å². The Morgan fingerprint density at radius 3 is 3.00 bits per heavy atom. The van der Waals surface area contributed by atoms with Crippen molar-refractivity contribution in [2.45, 2.75) is 12.5 Å². The molecule has 0 aliphatic carbocycles. The van der Waals surface area contributed by atoms with Crippen LogP contribution >= 0.6 is 15.9 Å². The predicted molar refractivity (Wildman–Crippen MR) is 72.1 cm³/mol. The van der Waals surface area contributed by atoms with E-state index in [1.165, 1.54) is 0 Å². The van der Waals surface area contributed by atoms with E-state index in [1.807, 2.05) is 12.1 Å². The monoisotopic (exact) mass is 314 g/mol. The first-order valence-corrected chi connectivity index (χ1v) is 6.46. The van der Waals surface area contributed by atoms with Gasteiger partial charge >= 0.3 is 6.03 Å². The maximum absolute atomic E-state index is 11.7. The molecule has 1 aliphatic heterocycles. The van der Waals surface area contributed by atoms with Crippen LogP contribution in [0.5, 0.6) is 5.75 Å². The fraction of sp³-hybridized carbons (Fsp3) is 0.417. The van der Waals surface area contributed by atoms with Crippen molar-refractivity contribution in [2.75, 3.05) is 25.6 Å². The van der Waals surface area contributed by atoms with Crippen molar-refractivity contribution in [2.24, 2.45) is 0 Å². The summed E-state index contributed by atoms with van der Waals surface area (Å²) < 4.78 is 11.2. The van der Waals surface area contributed by atoms with Crippen molar-refractivity contribution in [3.8, 4) is 5.75 Å². The van der Waals surface area contributed by atoms with E-state index in [-0.39, 0.29) is 12.1 Å². The number of halogens is 1. The molecule has 0 aromatic heterocycles. The molecular weight excluding hydrogens is 300 g/mol. The number of methoxy groups -OCH3 is 1. The van der Waals surface area contributed by atoms with Crippen LogP contribution in [0.4, 0.5) is 10.5 Å². The van der Waals surface area contributed by atoms with Crippen molar-refractivity contribution in [1.29, 1.82) is 0 Å². The number of hydrogen-bond acceptors (Lipinski definition) is 3. The normalized spacial score (nSPS) is 18.4. The number of carbonyl (C=O) groups is 1. The summed E-state index contributed by atoms with van der Waals surface area (Å²) in [7, 11) is 1.58. The summed E-state index contributed by atoms with van der Waals surface area (Å²) in [6.07, 6.45) is 0.856. The molecule has 6 heteroatoms. The van der Waals surface area contributed by atoms with Gasteiger partial charge in [0.05, 0.1) is 19.8 Å². The quantitative estimate of drug-likeness (QED) is 0.900. The van der Waals surface area contributed by atoms with Crippen LogP contribution in [0, 0.1) is 0 Å². The maximum Gasteiger partial charge on any atom is 0.319 e. The molecule has 18 heavy (non-hydrogen) atoms. The average molecular weight is 315 g/mol. The average Bonchev–Trinajstić information content (AvgIpc) is 2.80. The van der Waals surface area contributed by atoms with Crippen molar-refractivity contribution in [3.63, 3.8) is 0 Å². The number of benzene rings is 1. The van der Waals surface area contributed by atoms with E-state index in [0.717, 1.165) is 10.9 Å². The van der Waals surface area contributed by atoms with Gasteiger partial charge in [0.1, 0.15) is 5.75 Å². The lowest BCUT2D eigenvalue weighted by molar-refractivity contribution is 0.189. The lowest BCUT2D eigenvalue weighted by Crippen LogP contribution is -2.38. The van der Waals surface area contributed by atoms with Crippen LogP contribution in [0.1, 0.15) is 6.42 Å². The second-order valence-corrected chi connectivity index (χ2v) is 4.95. The molecule has 98 valence electrons. The van der Waals surface area contributed by atoms with Crippen molar-refractivity contribution in [1.82, 2.24) is 5.32 Å². The molecular formula is C12H15BrN2O3. The molecule has 1 saturated heterocycles. The second kappa shape index (κ2) is 6.06. The van der Waals surface area contributed by atoms with Crippen molar-refractivity contribution in [3.05, 3.63) is 22.7 Å². The molecule has 1 unspecified atom stereocenters. The first-order valence-electron chi connectivity index (χ1n) is 5.67. The van der Waals surface area contributed by atoms with Crippen LogP contribution < -0.4 is 15.4 Å². The smallest absolute Gasteiger partial charge is 0.319 e. The van der Waals surface area contributed by atoms with Crippen LogP contribution in [-0.4, -0.2) is 32.4 Å². The highest BCUT2D eigenvalue weighted by atomic mass is 79.9. The highest BCUT2D eigenvalue weighted by molar-refractivity contribution is 9.10. The minimum Gasteiger partial charge on any atom is -0.497 e. The number of rotatable bonds is 3. The molecule has 1 atom stereocenters. The molecule has 1 aromatic carbocycles. The van der Waals surface area contributed by atoms with Gasteiger partial charge in [0.15, 0.2) is 0 Å². The summed E-state index contributed by atoms with van der Waals surface area (Å²) >= 11 is 3.36. The number of anilines is 1. The summed E-state index contributed by atoms with van der Waals surface area (Å²) in [4.78, 5) is 11.7. The van der Waals surface area contributed by atoms with E-state index in [2.05, 4.69) is 26.6 Å². The summed E-state index contributed by atoms with van der Waals surface area (Å²) in [6.45, 7) is 1.28. The molecule has 0 bridgehead atoms. The van der Waals surface area contributed by atoms with Gasteiger partial charge in [0.2, 0.25) is 0 Å². The fourth-order valence-electron chi connectivity index (χ4n) is 1.75. The summed E-state index contributed by atoms with van der Waals surface area (Å²) in [5.41, 5.74) is 0.678. The topological polar surface area (TPSA) is 59.6 Å². The molecule has 1 fully saturated rings. The molecule has 5 nitrogen and oxygen atoms in total. The van der Waals surface area contributed by atoms with Gasteiger partial charge in [-0.05, 0) is 18.6 Å². The van der Waals surface area contributed by atoms with Gasteiger partial charge in [-0.2, -0.15) is 0 Å². The zero-order chi connectivity index (χ0) is 13.0. The third-order valence-corrected chi connectivity index (χ3v) is 3.09. The lowest BCUT2D eigenvalue weighted by atomic mass is 10.2. The van der Waals surface area contributed by atoms with Crippen LogP contribution in [0.25, 0.3) is 0 Å². The number of nitrogens with one attached hydrogen (secondary N) is 2. The second-order valence-electron chi connectivity index (χ2n) is 4.04. The Bertz CT molecular complexity index is 433. The largest absolute Gasteiger partial charge is 0.497 e. The zero-order valence-corrected chi connectivity index (χ0v) is 11.6. The Morgan fingerprint density at radius 1 is 1.50 bits per heavy atom. The number of hydrogen-bond donors (Lipinski definition) is 2. The molecule has 0 saturated carbocycles. The van der Waals surface area contributed by atoms with Crippen LogP contribution in [0.2, 0.25) is 0 Å². The fourth-order valence-corrected chi connectivity index (χ4v) is 2.23. The van der Waals surface area contributed by atoms with Crippen molar-refractivity contribution < 1.29 is 14.3 Å². The van der Waals surface area contributed by atoms with Crippen LogP contribution in [0.3, 0.4) is 0 Å². The minimum atomic E-state index is -0.231. The summed E-state index contributed by atoms with van der Waals surface area (Å²) in [6, 6.07) is 5.26. The van der Waals surface area contributed by atoms with E-state index in [0.29, 0.717) is 24.7 Å². The molecule has 2 N–H and O–H groups in total. The highest BCUT2D eigenvalue weighted by Gasteiger charge is 2.17. The number of amides is 2. The van der Waals surface area contributed by atoms with E-state index in [4.69, 9.17) is 9.47 Å². The Balaban J connectivity index is 1.95. The molecule has 2 amide bonds. The van der Waals surface area contributed by atoms with Gasteiger partial charge in [-0.3, -0.25) is 0 Å². The molecule has 0 radical (unpaired) electrons. The van der Waals surface area contributed by atoms with Gasteiger partial charge in [-0.1, -0.05) is 15.9 Å². The number of ether oxygens (including phenoxy) is 2. The lowest BCUT2D eigenvalue weighted by Gasteiger charge is -2.12. The first-order chi connectivity index (χ1) is 8.67. The van der Waals surface area contributed by atoms with Gasteiger partial charge in [-0.15, -0.1) is 0 Å². The molecule has 1 heterocycles. The molecule has 1 aromatic rings. The SMILES string of the molecule is COc1cc(Br)cc(NC(=O)NC2CCOC2)c1. The van der Waals surface area contributed by atoms with Gasteiger partial charge in [0.25, 0.3) is 0 Å². The standard InChI is InChI=1S/C12H15BrN2O3/c1-17-11-5-8(13)4-10(6-11)15-12(16)14-9-2-3-18-7-9/h4-6,9H,2-3,7H2,1H3,(H2,14,15,16). The third-order valence-electron chi connectivity index (χ3n) is 2.63. The molecule has 1 aliphatic rings. The Labute approximate surface area is 114 Å². The zero-order valence-electron chi connectivity index (χ0n) is 10.0. The van der Waals surface area contributed by atoms with Gasteiger partial charge < -0.3 is 20.1 Å². The Morgan fingerprint density at radius 2 is 2.33 bits per heavy atom. The maximum atomic E-state index is 11.7. The molecule has 2 rings (SSSR count). The summed E-state index contributed by atoms with van der Waals surface area (Å²) in [5, 5.41) is 5.62. The number of urea groups is 1. The van der Waals surface area contributed by atoms with E-state index < -0.39 is 0 Å². The van der Waals surface area contributed by atoms with E-state index >= 15 is 0 Å². The van der Waals surface area contributed by atoms with Crippen LogP contribution in [-0.2, 0) is 4.74 Å². The number of carbonyl (C=O) groups excluding carboxylic acids is 1. The minimum absolute atomic E-state index is 0.0963.